The highest BCUT2D eigenvalue weighted by molar-refractivity contribution is 5.34. The van der Waals surface area contributed by atoms with Gasteiger partial charge in [-0.25, -0.2) is 4.98 Å². The molecular weight excluding hydrogens is 230 g/mol. The summed E-state index contributed by atoms with van der Waals surface area (Å²) >= 11 is 0. The fraction of sp³-hybridized carbons (Fsp3) is 0.692. The van der Waals surface area contributed by atoms with Crippen LogP contribution < -0.4 is 10.9 Å². The summed E-state index contributed by atoms with van der Waals surface area (Å²) in [6.45, 7) is 2.15. The number of aromatic amines is 1. The van der Waals surface area contributed by atoms with E-state index in [9.17, 15) is 9.90 Å². The molecule has 1 aromatic heterocycles. The number of hydrogen-bond donors (Lipinski definition) is 3. The maximum absolute atomic E-state index is 11.5. The van der Waals surface area contributed by atoms with Crippen LogP contribution in [0.3, 0.4) is 0 Å². The summed E-state index contributed by atoms with van der Waals surface area (Å²) in [5, 5.41) is 12.7. The number of aliphatic hydroxyl groups excluding tert-OH is 1. The van der Waals surface area contributed by atoms with Gasteiger partial charge in [0.05, 0.1) is 0 Å². The molecule has 5 heteroatoms. The highest BCUT2D eigenvalue weighted by Gasteiger charge is 2.24. The number of aryl methyl sites for hydroxylation is 1. The molecule has 2 rings (SSSR count). The first-order valence-corrected chi connectivity index (χ1v) is 6.70. The van der Waals surface area contributed by atoms with Crippen molar-refractivity contribution in [1.29, 1.82) is 0 Å². The van der Waals surface area contributed by atoms with Crippen molar-refractivity contribution in [3.05, 3.63) is 22.2 Å². The number of H-pyrrole nitrogens is 1. The summed E-state index contributed by atoms with van der Waals surface area (Å²) in [4.78, 5) is 18.5. The van der Waals surface area contributed by atoms with E-state index in [0.717, 1.165) is 19.3 Å². The lowest BCUT2D eigenvalue weighted by Crippen LogP contribution is -2.35. The van der Waals surface area contributed by atoms with Crippen LogP contribution in [0.2, 0.25) is 0 Å². The molecule has 0 bridgehead atoms. The standard InChI is InChI=1S/C13H21N3O2/c1-2-11-15-12(7-13(18)16-11)14-10-6-4-3-5-9(10)8-17/h7,9-10,17H,2-6,8H2,1H3,(H2,14,15,16,18). The number of aromatic nitrogens is 2. The van der Waals surface area contributed by atoms with Crippen molar-refractivity contribution in [3.63, 3.8) is 0 Å². The zero-order valence-electron chi connectivity index (χ0n) is 10.8. The lowest BCUT2D eigenvalue weighted by atomic mass is 9.85. The topological polar surface area (TPSA) is 78.0 Å². The summed E-state index contributed by atoms with van der Waals surface area (Å²) in [6.07, 6.45) is 5.11. The first-order chi connectivity index (χ1) is 8.72. The third kappa shape index (κ3) is 3.10. The third-order valence-corrected chi connectivity index (χ3v) is 3.60. The Hall–Kier alpha value is -1.36. The van der Waals surface area contributed by atoms with Crippen molar-refractivity contribution in [2.24, 2.45) is 5.92 Å². The van der Waals surface area contributed by atoms with Crippen LogP contribution in [0.4, 0.5) is 5.82 Å². The van der Waals surface area contributed by atoms with E-state index in [4.69, 9.17) is 0 Å². The van der Waals surface area contributed by atoms with Gasteiger partial charge in [0.2, 0.25) is 0 Å². The summed E-state index contributed by atoms with van der Waals surface area (Å²) in [5.74, 6) is 1.59. The van der Waals surface area contributed by atoms with Crippen LogP contribution in [0, 0.1) is 5.92 Å². The molecule has 1 saturated carbocycles. The Morgan fingerprint density at radius 3 is 3.00 bits per heavy atom. The highest BCUT2D eigenvalue weighted by Crippen LogP contribution is 2.26. The van der Waals surface area contributed by atoms with E-state index in [2.05, 4.69) is 15.3 Å². The Morgan fingerprint density at radius 1 is 1.50 bits per heavy atom. The molecule has 18 heavy (non-hydrogen) atoms. The van der Waals surface area contributed by atoms with E-state index in [-0.39, 0.29) is 24.1 Å². The fourth-order valence-corrected chi connectivity index (χ4v) is 2.56. The van der Waals surface area contributed by atoms with Gasteiger partial charge in [0.1, 0.15) is 11.6 Å². The molecule has 100 valence electrons. The molecular formula is C13H21N3O2. The molecule has 0 spiro atoms. The normalized spacial score (nSPS) is 23.9. The molecule has 0 radical (unpaired) electrons. The average molecular weight is 251 g/mol. The average Bonchev–Trinajstić information content (AvgIpc) is 2.38. The zero-order chi connectivity index (χ0) is 13.0. The van der Waals surface area contributed by atoms with Crippen LogP contribution in [-0.4, -0.2) is 27.7 Å². The van der Waals surface area contributed by atoms with Gasteiger partial charge >= 0.3 is 0 Å². The second kappa shape index (κ2) is 6.00. The predicted molar refractivity (Wildman–Crippen MR) is 70.7 cm³/mol. The SMILES string of the molecule is CCc1nc(NC2CCCCC2CO)cc(=O)[nH]1. The van der Waals surface area contributed by atoms with Gasteiger partial charge in [0.25, 0.3) is 5.56 Å². The van der Waals surface area contributed by atoms with Gasteiger partial charge in [0.15, 0.2) is 0 Å². The zero-order valence-corrected chi connectivity index (χ0v) is 10.8. The molecule has 2 atom stereocenters. The first-order valence-electron chi connectivity index (χ1n) is 6.70. The number of nitrogens with zero attached hydrogens (tertiary/aromatic N) is 1. The molecule has 2 unspecified atom stereocenters. The number of hydrogen-bond acceptors (Lipinski definition) is 4. The quantitative estimate of drug-likeness (QED) is 0.753. The second-order valence-electron chi connectivity index (χ2n) is 4.91. The first kappa shape index (κ1) is 13.1. The van der Waals surface area contributed by atoms with E-state index in [0.29, 0.717) is 18.1 Å². The van der Waals surface area contributed by atoms with Crippen molar-refractivity contribution in [2.45, 2.75) is 45.1 Å². The van der Waals surface area contributed by atoms with Crippen LogP contribution in [0.5, 0.6) is 0 Å². The van der Waals surface area contributed by atoms with Gasteiger partial charge in [-0.1, -0.05) is 19.8 Å². The summed E-state index contributed by atoms with van der Waals surface area (Å²) in [6, 6.07) is 1.71. The van der Waals surface area contributed by atoms with E-state index in [1.165, 1.54) is 12.5 Å². The summed E-state index contributed by atoms with van der Waals surface area (Å²) in [7, 11) is 0. The number of anilines is 1. The smallest absolute Gasteiger partial charge is 0.252 e. The molecule has 0 aromatic carbocycles. The van der Waals surface area contributed by atoms with Crippen molar-refractivity contribution >= 4 is 5.82 Å². The molecule has 1 aromatic rings. The minimum absolute atomic E-state index is 0.124. The van der Waals surface area contributed by atoms with Gasteiger partial charge in [-0.2, -0.15) is 0 Å². The second-order valence-corrected chi connectivity index (χ2v) is 4.91. The monoisotopic (exact) mass is 251 g/mol. The fourth-order valence-electron chi connectivity index (χ4n) is 2.56. The summed E-state index contributed by atoms with van der Waals surface area (Å²) < 4.78 is 0. The minimum Gasteiger partial charge on any atom is -0.396 e. The Kier molecular flexibility index (Phi) is 4.36. The molecule has 1 aliphatic carbocycles. The van der Waals surface area contributed by atoms with Crippen molar-refractivity contribution in [1.82, 2.24) is 9.97 Å². The third-order valence-electron chi connectivity index (χ3n) is 3.60. The van der Waals surface area contributed by atoms with Gasteiger partial charge in [-0.05, 0) is 12.8 Å². The van der Waals surface area contributed by atoms with Crippen molar-refractivity contribution < 1.29 is 5.11 Å². The van der Waals surface area contributed by atoms with Crippen LogP contribution in [0.25, 0.3) is 0 Å². The van der Waals surface area contributed by atoms with E-state index in [1.807, 2.05) is 6.92 Å². The number of nitrogens with one attached hydrogen (secondary N) is 2. The van der Waals surface area contributed by atoms with Gasteiger partial charge in [-0.15, -0.1) is 0 Å². The van der Waals surface area contributed by atoms with Crippen LogP contribution in [-0.2, 0) is 6.42 Å². The molecule has 3 N–H and O–H groups in total. The molecule has 5 nitrogen and oxygen atoms in total. The van der Waals surface area contributed by atoms with Gasteiger partial charge in [0, 0.05) is 31.1 Å². The number of aliphatic hydroxyl groups is 1. The van der Waals surface area contributed by atoms with Crippen LogP contribution in [0.15, 0.2) is 10.9 Å². The van der Waals surface area contributed by atoms with Crippen molar-refractivity contribution in [2.75, 3.05) is 11.9 Å². The Bertz CT molecular complexity index is 444. The molecule has 1 aliphatic rings. The molecule has 0 saturated heterocycles. The van der Waals surface area contributed by atoms with E-state index in [1.54, 1.807) is 0 Å². The van der Waals surface area contributed by atoms with Gasteiger partial charge in [-0.3, -0.25) is 4.79 Å². The number of rotatable bonds is 4. The van der Waals surface area contributed by atoms with Crippen LogP contribution >= 0.6 is 0 Å². The molecule has 1 fully saturated rings. The lowest BCUT2D eigenvalue weighted by molar-refractivity contribution is 0.178. The van der Waals surface area contributed by atoms with Gasteiger partial charge < -0.3 is 15.4 Å². The minimum atomic E-state index is -0.124. The molecule has 1 heterocycles. The van der Waals surface area contributed by atoms with E-state index >= 15 is 0 Å². The Balaban J connectivity index is 2.12. The maximum Gasteiger partial charge on any atom is 0.252 e. The van der Waals surface area contributed by atoms with Crippen LogP contribution in [0.1, 0.15) is 38.4 Å². The predicted octanol–water partition coefficient (Wildman–Crippen LogP) is 1.30. The van der Waals surface area contributed by atoms with Crippen molar-refractivity contribution in [3.8, 4) is 0 Å². The highest BCUT2D eigenvalue weighted by atomic mass is 16.3. The summed E-state index contributed by atoms with van der Waals surface area (Å²) in [5.41, 5.74) is -0.124. The molecule has 0 aliphatic heterocycles. The largest absolute Gasteiger partial charge is 0.396 e. The Morgan fingerprint density at radius 2 is 2.28 bits per heavy atom. The molecule has 0 amide bonds. The Labute approximate surface area is 107 Å². The lowest BCUT2D eigenvalue weighted by Gasteiger charge is -2.31. The van der Waals surface area contributed by atoms with E-state index < -0.39 is 0 Å². The maximum atomic E-state index is 11.5.